The predicted molar refractivity (Wildman–Crippen MR) is 140 cm³/mol. The lowest BCUT2D eigenvalue weighted by molar-refractivity contribution is -0.248. The molecule has 1 unspecified atom stereocenters. The van der Waals surface area contributed by atoms with Crippen LogP contribution < -0.4 is 0 Å². The standard InChI is InChI=1S/C32H52O2/c1-20(2)22-12-15-29(6)18-19-31(8)23(27(22)29)10-11-25-30(7)16-14-26(34-21(3)33)28(4,5)24(30)13-17-32(25,31)9/h22-27H,1,10-19H2,2-9H3/t22-,23?,24-,25+,26-,27+,29+,30-,31+,32+/m0/s1. The normalized spacial score (nSPS) is 53.6. The maximum Gasteiger partial charge on any atom is 0.302 e. The molecule has 10 atom stereocenters. The van der Waals surface area contributed by atoms with Crippen molar-refractivity contribution >= 4 is 5.97 Å². The van der Waals surface area contributed by atoms with Crippen molar-refractivity contribution in [1.29, 1.82) is 0 Å². The van der Waals surface area contributed by atoms with E-state index >= 15 is 0 Å². The molecular formula is C32H52O2. The number of allylic oxidation sites excluding steroid dienone is 1. The smallest absolute Gasteiger partial charge is 0.302 e. The molecule has 5 rings (SSSR count). The zero-order valence-corrected chi connectivity index (χ0v) is 23.6. The van der Waals surface area contributed by atoms with Crippen molar-refractivity contribution in [1.82, 2.24) is 0 Å². The third-order valence-corrected chi connectivity index (χ3v) is 13.7. The summed E-state index contributed by atoms with van der Waals surface area (Å²) in [6.07, 6.45) is 13.4. The summed E-state index contributed by atoms with van der Waals surface area (Å²) in [5, 5.41) is 0. The molecular weight excluding hydrogens is 416 g/mol. The van der Waals surface area contributed by atoms with Crippen molar-refractivity contribution in [2.45, 2.75) is 126 Å². The molecule has 0 saturated heterocycles. The Balaban J connectivity index is 1.50. The first kappa shape index (κ1) is 24.9. The van der Waals surface area contributed by atoms with Crippen LogP contribution in [-0.2, 0) is 9.53 Å². The summed E-state index contributed by atoms with van der Waals surface area (Å²) in [6, 6.07) is 0. The van der Waals surface area contributed by atoms with Crippen molar-refractivity contribution in [3.8, 4) is 0 Å². The molecule has 2 nitrogen and oxygen atoms in total. The maximum atomic E-state index is 11.9. The Hall–Kier alpha value is -0.790. The zero-order chi connectivity index (χ0) is 24.9. The number of hydrogen-bond acceptors (Lipinski definition) is 2. The number of fused-ring (bicyclic) bond motifs is 7. The van der Waals surface area contributed by atoms with E-state index in [-0.39, 0.29) is 17.5 Å². The van der Waals surface area contributed by atoms with Gasteiger partial charge in [-0.3, -0.25) is 4.79 Å². The minimum atomic E-state index is -0.107. The van der Waals surface area contributed by atoms with Gasteiger partial charge in [-0.25, -0.2) is 0 Å². The monoisotopic (exact) mass is 468 g/mol. The van der Waals surface area contributed by atoms with Crippen LogP contribution in [-0.4, -0.2) is 12.1 Å². The summed E-state index contributed by atoms with van der Waals surface area (Å²) in [5.74, 6) is 3.74. The van der Waals surface area contributed by atoms with Gasteiger partial charge in [0, 0.05) is 12.3 Å². The molecule has 34 heavy (non-hydrogen) atoms. The molecule has 192 valence electrons. The van der Waals surface area contributed by atoms with Crippen LogP contribution in [0.4, 0.5) is 0 Å². The largest absolute Gasteiger partial charge is 0.462 e. The van der Waals surface area contributed by atoms with Crippen LogP contribution in [0.15, 0.2) is 12.2 Å². The molecule has 0 aliphatic heterocycles. The molecule has 5 aliphatic carbocycles. The number of rotatable bonds is 2. The topological polar surface area (TPSA) is 26.3 Å². The van der Waals surface area contributed by atoms with Crippen LogP contribution in [0.25, 0.3) is 0 Å². The van der Waals surface area contributed by atoms with Crippen molar-refractivity contribution in [3.05, 3.63) is 12.2 Å². The number of carbonyl (C=O) groups excluding carboxylic acids is 1. The fourth-order valence-corrected chi connectivity index (χ4v) is 11.9. The van der Waals surface area contributed by atoms with Crippen molar-refractivity contribution in [2.75, 3.05) is 0 Å². The molecule has 5 fully saturated rings. The molecule has 2 heteroatoms. The molecule has 0 aromatic heterocycles. The number of carbonyl (C=O) groups is 1. The fraction of sp³-hybridized carbons (Fsp3) is 0.906. The average molecular weight is 469 g/mol. The van der Waals surface area contributed by atoms with Gasteiger partial charge < -0.3 is 4.74 Å². The third kappa shape index (κ3) is 3.08. The quantitative estimate of drug-likeness (QED) is 0.299. The SMILES string of the molecule is C=C(C)[C@@H]1CC[C@]2(C)CC[C@]3(C)C(CC[C@@H]4[C@@]5(C)CC[C@H](OC(C)=O)C(C)(C)[C@@H]5CC[C@]43C)[C@@H]12. The van der Waals surface area contributed by atoms with E-state index in [9.17, 15) is 4.79 Å². The van der Waals surface area contributed by atoms with E-state index in [0.29, 0.717) is 27.6 Å². The minimum Gasteiger partial charge on any atom is -0.462 e. The molecule has 0 aromatic carbocycles. The Bertz CT molecular complexity index is 872. The van der Waals surface area contributed by atoms with Crippen LogP contribution in [0.5, 0.6) is 0 Å². The van der Waals surface area contributed by atoms with Crippen LogP contribution >= 0.6 is 0 Å². The van der Waals surface area contributed by atoms with E-state index in [1.54, 1.807) is 6.92 Å². The van der Waals surface area contributed by atoms with E-state index in [1.165, 1.54) is 63.4 Å². The van der Waals surface area contributed by atoms with Gasteiger partial charge in [-0.15, -0.1) is 0 Å². The first-order valence-corrected chi connectivity index (χ1v) is 14.5. The Morgan fingerprint density at radius 1 is 0.765 bits per heavy atom. The Labute approximate surface area is 210 Å². The number of hydrogen-bond donors (Lipinski definition) is 0. The first-order chi connectivity index (χ1) is 15.7. The highest BCUT2D eigenvalue weighted by Gasteiger charge is 2.70. The predicted octanol–water partition coefficient (Wildman–Crippen LogP) is 8.60. The Morgan fingerprint density at radius 3 is 2.12 bits per heavy atom. The lowest BCUT2D eigenvalue weighted by Gasteiger charge is -2.73. The second-order valence-electron chi connectivity index (χ2n) is 15.3. The first-order valence-electron chi connectivity index (χ1n) is 14.5. The molecule has 5 saturated carbocycles. The molecule has 0 N–H and O–H groups in total. The average Bonchev–Trinajstić information content (AvgIpc) is 3.08. The fourth-order valence-electron chi connectivity index (χ4n) is 11.9. The van der Waals surface area contributed by atoms with Crippen LogP contribution in [0.3, 0.4) is 0 Å². The van der Waals surface area contributed by atoms with Gasteiger partial charge >= 0.3 is 5.97 Å². The second-order valence-corrected chi connectivity index (χ2v) is 15.3. The van der Waals surface area contributed by atoms with Crippen LogP contribution in [0.2, 0.25) is 0 Å². The minimum absolute atomic E-state index is 0.0550. The van der Waals surface area contributed by atoms with Crippen molar-refractivity contribution in [3.63, 3.8) is 0 Å². The van der Waals surface area contributed by atoms with Gasteiger partial charge in [-0.2, -0.15) is 0 Å². The lowest BCUT2D eigenvalue weighted by atomic mass is 9.32. The summed E-state index contributed by atoms with van der Waals surface area (Å²) in [7, 11) is 0. The van der Waals surface area contributed by atoms with Gasteiger partial charge in [-0.05, 0) is 122 Å². The zero-order valence-electron chi connectivity index (χ0n) is 23.6. The van der Waals surface area contributed by atoms with Gasteiger partial charge in [0.05, 0.1) is 0 Å². The molecule has 0 amide bonds. The van der Waals surface area contributed by atoms with Gasteiger partial charge in [-0.1, -0.05) is 53.7 Å². The maximum absolute atomic E-state index is 11.9. The highest BCUT2D eigenvalue weighted by atomic mass is 16.5. The van der Waals surface area contributed by atoms with Crippen LogP contribution in [0, 0.1) is 56.7 Å². The second kappa shape index (κ2) is 7.61. The van der Waals surface area contributed by atoms with E-state index in [0.717, 1.165) is 30.1 Å². The summed E-state index contributed by atoms with van der Waals surface area (Å²) in [4.78, 5) is 11.9. The van der Waals surface area contributed by atoms with E-state index in [1.807, 2.05) is 0 Å². The van der Waals surface area contributed by atoms with Crippen molar-refractivity contribution in [2.24, 2.45) is 56.7 Å². The van der Waals surface area contributed by atoms with Gasteiger partial charge in [0.1, 0.15) is 6.10 Å². The van der Waals surface area contributed by atoms with Gasteiger partial charge in [0.15, 0.2) is 0 Å². The number of esters is 1. The van der Waals surface area contributed by atoms with E-state index in [4.69, 9.17) is 4.74 Å². The molecule has 0 bridgehead atoms. The Kier molecular flexibility index (Phi) is 5.57. The van der Waals surface area contributed by atoms with Crippen molar-refractivity contribution < 1.29 is 9.53 Å². The third-order valence-electron chi connectivity index (χ3n) is 13.7. The van der Waals surface area contributed by atoms with E-state index in [2.05, 4.69) is 55.0 Å². The van der Waals surface area contributed by atoms with Gasteiger partial charge in [0.25, 0.3) is 0 Å². The molecule has 0 spiro atoms. The number of ether oxygens (including phenoxy) is 1. The molecule has 0 heterocycles. The highest BCUT2D eigenvalue weighted by Crippen LogP contribution is 2.77. The summed E-state index contributed by atoms with van der Waals surface area (Å²) < 4.78 is 5.91. The van der Waals surface area contributed by atoms with Crippen LogP contribution in [0.1, 0.15) is 120 Å². The lowest BCUT2D eigenvalue weighted by Crippen LogP contribution is -2.66. The summed E-state index contributed by atoms with van der Waals surface area (Å²) in [5.41, 5.74) is 3.23. The Morgan fingerprint density at radius 2 is 1.47 bits per heavy atom. The molecule has 5 aliphatic rings. The highest BCUT2D eigenvalue weighted by molar-refractivity contribution is 5.66. The summed E-state index contributed by atoms with van der Waals surface area (Å²) in [6.45, 7) is 23.9. The van der Waals surface area contributed by atoms with Gasteiger partial charge in [0.2, 0.25) is 0 Å². The molecule has 0 aromatic rings. The molecule has 0 radical (unpaired) electrons. The summed E-state index contributed by atoms with van der Waals surface area (Å²) >= 11 is 0. The van der Waals surface area contributed by atoms with E-state index < -0.39 is 0 Å².